The fraction of sp³-hybridized carbons (Fsp3) is 0.333. The summed E-state index contributed by atoms with van der Waals surface area (Å²) < 4.78 is 129. The summed E-state index contributed by atoms with van der Waals surface area (Å²) in [5, 5.41) is 44.6. The Labute approximate surface area is 576 Å². The van der Waals surface area contributed by atoms with Crippen molar-refractivity contribution in [3.8, 4) is 0 Å². The molecular formula is C54H63Cl3F3N21O9S6. The number of carbonyl (C=O) groups excluding carboxylic acids is 3. The number of carbonyl (C=O) groups is 3. The molecule has 9 heterocycles. The van der Waals surface area contributed by atoms with Crippen LogP contribution in [0.1, 0.15) is 91.8 Å². The van der Waals surface area contributed by atoms with Crippen LogP contribution in [-0.4, -0.2) is 155 Å². The number of nitrogens with one attached hydrogen (secondary N) is 9. The number of hydrogen-bond donors (Lipinski definition) is 9. The number of nitrogens with zero attached hydrogens (tertiary/aromatic N) is 12. The van der Waals surface area contributed by atoms with E-state index in [1.165, 1.54) is 89.0 Å². The first-order chi connectivity index (χ1) is 44.5. The third kappa shape index (κ3) is 19.3. The first-order valence-electron chi connectivity index (χ1n) is 27.4. The van der Waals surface area contributed by atoms with E-state index in [0.29, 0.717) is 32.1 Å². The summed E-state index contributed by atoms with van der Waals surface area (Å²) in [6.07, 6.45) is 10.4. The van der Waals surface area contributed by atoms with Gasteiger partial charge in [-0.05, 0) is 73.9 Å². The molecule has 516 valence electrons. The highest BCUT2D eigenvalue weighted by Crippen LogP contribution is 2.35. The molecule has 6 aromatic heterocycles. The lowest BCUT2D eigenvalue weighted by atomic mass is 10.1. The van der Waals surface area contributed by atoms with Gasteiger partial charge in [0, 0.05) is 90.7 Å². The summed E-state index contributed by atoms with van der Waals surface area (Å²) in [5.41, 5.74) is 2.45. The second-order valence-corrected chi connectivity index (χ2v) is 29.2. The second kappa shape index (κ2) is 33.7. The van der Waals surface area contributed by atoms with Crippen molar-refractivity contribution in [3.63, 3.8) is 0 Å². The molecule has 9 N–H and O–H groups in total. The number of thiazole rings is 3. The predicted molar refractivity (Wildman–Crippen MR) is 357 cm³/mol. The predicted octanol–water partition coefficient (Wildman–Crippen LogP) is 7.56. The number of halogens is 6. The lowest BCUT2D eigenvalue weighted by Gasteiger charge is -2.37. The van der Waals surface area contributed by atoms with Gasteiger partial charge in [0.1, 0.15) is 50.6 Å². The maximum atomic E-state index is 13.4. The van der Waals surface area contributed by atoms with E-state index < -0.39 is 102 Å². The first-order valence-corrected chi connectivity index (χ1v) is 35.5. The van der Waals surface area contributed by atoms with Gasteiger partial charge in [0.2, 0.25) is 17.7 Å². The molecule has 3 aliphatic heterocycles. The molecule has 96 heavy (non-hydrogen) atoms. The molecule has 12 rings (SSSR count). The molecule has 0 radical (unpaired) electrons. The van der Waals surface area contributed by atoms with E-state index in [9.17, 15) is 52.8 Å². The minimum atomic E-state index is -4.01. The maximum absolute atomic E-state index is 13.4. The molecule has 3 aromatic carbocycles. The molecule has 6 atom stereocenters. The highest BCUT2D eigenvalue weighted by atomic mass is 35.5. The first kappa shape index (κ1) is 76.0. The van der Waals surface area contributed by atoms with Crippen molar-refractivity contribution >= 4 is 134 Å². The van der Waals surface area contributed by atoms with Gasteiger partial charge in [-0.3, -0.25) is 14.4 Å². The van der Waals surface area contributed by atoms with Gasteiger partial charge in [0.15, 0.2) is 0 Å². The Bertz CT molecular complexity index is 3920. The van der Waals surface area contributed by atoms with E-state index in [4.69, 9.17) is 34.8 Å². The molecule has 3 aliphatic rings. The van der Waals surface area contributed by atoms with Crippen LogP contribution in [0.5, 0.6) is 0 Å². The van der Waals surface area contributed by atoms with Crippen molar-refractivity contribution in [3.05, 3.63) is 173 Å². The van der Waals surface area contributed by atoms with Gasteiger partial charge in [0.05, 0.1) is 68.9 Å². The van der Waals surface area contributed by atoms with Gasteiger partial charge in [-0.2, -0.15) is 98.6 Å². The number of hydrogen-bond acceptors (Lipinski definition) is 21. The van der Waals surface area contributed by atoms with Gasteiger partial charge in [-0.1, -0.05) is 57.1 Å². The molecule has 3 saturated heterocycles. The summed E-state index contributed by atoms with van der Waals surface area (Å²) in [5.74, 6) is -3.55. The van der Waals surface area contributed by atoms with Crippen molar-refractivity contribution in [1.82, 2.24) is 88.3 Å². The number of benzene rings is 3. The van der Waals surface area contributed by atoms with Crippen LogP contribution in [0.3, 0.4) is 0 Å². The molecule has 42 heteroatoms. The normalized spacial score (nSPS) is 20.4. The highest BCUT2D eigenvalue weighted by molar-refractivity contribution is 7.87. The summed E-state index contributed by atoms with van der Waals surface area (Å²) in [7, 11) is -12.0. The van der Waals surface area contributed by atoms with E-state index in [1.54, 1.807) is 34.7 Å². The zero-order valence-electron chi connectivity index (χ0n) is 47.5. The fourth-order valence-electron chi connectivity index (χ4n) is 9.74. The number of H-pyrrole nitrogens is 3. The number of aromatic amines is 3. The van der Waals surface area contributed by atoms with Crippen LogP contribution in [0.2, 0.25) is 15.1 Å². The third-order valence-electron chi connectivity index (χ3n) is 14.1. The monoisotopic (exact) mass is 1500 g/mol. The Hall–Kier alpha value is -7.35. The Morgan fingerprint density at radius 1 is 0.469 bits per heavy atom. The average molecular weight is 1510 g/mol. The van der Waals surface area contributed by atoms with Crippen molar-refractivity contribution in [1.29, 1.82) is 0 Å². The van der Waals surface area contributed by atoms with Crippen molar-refractivity contribution in [2.45, 2.75) is 97.1 Å². The molecule has 3 fully saturated rings. The summed E-state index contributed by atoms with van der Waals surface area (Å²) >= 11 is 21.3. The molecular weight excluding hydrogens is 1440 g/mol. The summed E-state index contributed by atoms with van der Waals surface area (Å²) in [6, 6.07) is 6.18. The van der Waals surface area contributed by atoms with Gasteiger partial charge < -0.3 is 16.0 Å². The molecule has 0 aliphatic carbocycles. The smallest absolute Gasteiger partial charge is 0.280 e. The number of rotatable bonds is 18. The number of amides is 3. The molecule has 0 spiro atoms. The maximum Gasteiger partial charge on any atom is 0.280 e. The summed E-state index contributed by atoms with van der Waals surface area (Å²) in [6.45, 7) is 0.0259. The fourth-order valence-corrected chi connectivity index (χ4v) is 17.3. The summed E-state index contributed by atoms with van der Waals surface area (Å²) in [4.78, 5) is 51.8. The van der Waals surface area contributed by atoms with Crippen LogP contribution >= 0.6 is 68.8 Å². The zero-order chi connectivity index (χ0) is 66.0. The van der Waals surface area contributed by atoms with E-state index in [0.717, 1.165) is 31.1 Å². The van der Waals surface area contributed by atoms with E-state index in [1.807, 2.05) is 0 Å². The standard InChI is InChI=1S/3C17H17ClFN7O3S2.3CH4/c3*18-12-7-10(1-2-13(12)19)22-16(27)15-8-14(17-20-4-6-30-17)24-31(28,29)26(15)5-3-11-9-21-25-23-11;;;/h3*1-2,4,6-7,9,14-15,24H,3,5,8H2,(H,22,27)(H,21,23,25);3*1H4/t2*14-,15+;;;;/m10..../s1. The number of aromatic nitrogens is 12. The van der Waals surface area contributed by atoms with Crippen LogP contribution in [0.15, 0.2) is 108 Å². The SMILES string of the molecule is C.C.C.O=C(Nc1ccc(F)c(Cl)c1)C1CC(c2nccs2)NS(=O)(=O)N1CCc1cn[nH]n1.O=C(Nc1ccc(F)c(Cl)c1)[C@@H]1C[C@H](c2nccs2)NS(=O)(=O)N1CCc1cn[nH]n1.O=C(Nc1ccc(F)c(Cl)c1)[C@H]1C[C@@H](c2nccs2)NS(=O)(=O)N1CCc1cn[nH]n1. The van der Waals surface area contributed by atoms with Crippen LogP contribution < -0.4 is 30.1 Å². The zero-order valence-corrected chi connectivity index (χ0v) is 54.6. The Balaban J connectivity index is 0.000000200. The van der Waals surface area contributed by atoms with Gasteiger partial charge in [-0.25, -0.2) is 28.1 Å². The van der Waals surface area contributed by atoms with E-state index in [-0.39, 0.29) is 113 Å². The Morgan fingerprint density at radius 3 is 0.958 bits per heavy atom. The third-order valence-corrected chi connectivity index (χ3v) is 22.5. The lowest BCUT2D eigenvalue weighted by Crippen LogP contribution is -2.58. The Kier molecular flexibility index (Phi) is 26.7. The topological polar surface area (TPSA) is 399 Å². The Morgan fingerprint density at radius 2 is 0.740 bits per heavy atom. The molecule has 3 amide bonds. The second-order valence-electron chi connectivity index (χ2n) is 20.2. The number of anilines is 3. The van der Waals surface area contributed by atoms with Crippen LogP contribution in [-0.2, 0) is 64.3 Å². The molecule has 30 nitrogen and oxygen atoms in total. The van der Waals surface area contributed by atoms with Crippen molar-refractivity contribution in [2.75, 3.05) is 35.6 Å². The van der Waals surface area contributed by atoms with E-state index in [2.05, 4.69) is 91.3 Å². The molecule has 0 saturated carbocycles. The quantitative estimate of drug-likeness (QED) is 0.0400. The largest absolute Gasteiger partial charge is 0.325 e. The molecule has 2 unspecified atom stereocenters. The van der Waals surface area contributed by atoms with Crippen molar-refractivity contribution < 1.29 is 52.8 Å². The van der Waals surface area contributed by atoms with Crippen LogP contribution in [0, 0.1) is 17.5 Å². The van der Waals surface area contributed by atoms with Crippen molar-refractivity contribution in [2.24, 2.45) is 0 Å². The minimum Gasteiger partial charge on any atom is -0.325 e. The van der Waals surface area contributed by atoms with Crippen LogP contribution in [0.25, 0.3) is 0 Å². The average Bonchev–Trinajstić information content (AvgIpc) is 1.16. The molecule has 0 bridgehead atoms. The van der Waals surface area contributed by atoms with Gasteiger partial charge in [0.25, 0.3) is 30.6 Å². The lowest BCUT2D eigenvalue weighted by molar-refractivity contribution is -0.121. The molecule has 9 aromatic rings. The highest BCUT2D eigenvalue weighted by Gasteiger charge is 2.46. The van der Waals surface area contributed by atoms with Crippen LogP contribution in [0.4, 0.5) is 30.2 Å². The van der Waals surface area contributed by atoms with Gasteiger partial charge >= 0.3 is 0 Å². The van der Waals surface area contributed by atoms with E-state index >= 15 is 0 Å². The van der Waals surface area contributed by atoms with Gasteiger partial charge in [-0.15, -0.1) is 34.0 Å². The minimum absolute atomic E-state index is 0.